The Labute approximate surface area is 147 Å². The van der Waals surface area contributed by atoms with Crippen molar-refractivity contribution in [1.82, 2.24) is 4.72 Å². The predicted octanol–water partition coefficient (Wildman–Crippen LogP) is 2.54. The molecule has 2 rings (SSSR count). The Hall–Kier alpha value is -2.69. The number of benzene rings is 2. The summed E-state index contributed by atoms with van der Waals surface area (Å²) in [7, 11) is -3.77. The zero-order valence-corrected chi connectivity index (χ0v) is 14.5. The van der Waals surface area contributed by atoms with E-state index in [1.165, 1.54) is 24.3 Å². The van der Waals surface area contributed by atoms with Crippen LogP contribution in [0.2, 0.25) is 0 Å². The van der Waals surface area contributed by atoms with E-state index in [9.17, 15) is 13.2 Å². The zero-order chi connectivity index (χ0) is 18.3. The number of hydrogen-bond donors (Lipinski definition) is 1. The summed E-state index contributed by atoms with van der Waals surface area (Å²) in [4.78, 5) is 12.1. The molecule has 0 amide bonds. The third-order valence-corrected chi connectivity index (χ3v) is 4.86. The topological polar surface area (TPSA) is 96.3 Å². The lowest BCUT2D eigenvalue weighted by molar-refractivity contribution is 0.0472. The lowest BCUT2D eigenvalue weighted by Gasteiger charge is -2.08. The molecule has 0 saturated carbocycles. The maximum atomic E-state index is 12.1. The Morgan fingerprint density at radius 1 is 1.20 bits per heavy atom. The second kappa shape index (κ2) is 8.42. The fraction of sp³-hybridized carbons (Fsp3) is 0.222. The highest BCUT2D eigenvalue weighted by Gasteiger charge is 2.16. The number of hydrogen-bond acceptors (Lipinski definition) is 5. The molecule has 25 heavy (non-hydrogen) atoms. The molecule has 0 heterocycles. The molecule has 2 aromatic rings. The molecule has 0 fully saturated rings. The summed E-state index contributed by atoms with van der Waals surface area (Å²) in [5.41, 5.74) is 2.10. The average molecular weight is 358 g/mol. The molecule has 0 atom stereocenters. The smallest absolute Gasteiger partial charge is 0.338 e. The van der Waals surface area contributed by atoms with E-state index in [-0.39, 0.29) is 30.0 Å². The van der Waals surface area contributed by atoms with Crippen LogP contribution in [0.15, 0.2) is 53.4 Å². The van der Waals surface area contributed by atoms with Gasteiger partial charge in [0.05, 0.1) is 16.5 Å². The van der Waals surface area contributed by atoms with Crippen LogP contribution in [0.25, 0.3) is 0 Å². The van der Waals surface area contributed by atoms with E-state index < -0.39 is 16.0 Å². The number of ether oxygens (including phenoxy) is 1. The van der Waals surface area contributed by atoms with Crippen molar-refractivity contribution in [3.8, 4) is 6.07 Å². The molecule has 0 radical (unpaired) electrons. The summed E-state index contributed by atoms with van der Waals surface area (Å²) < 4.78 is 31.8. The number of nitrogens with zero attached hydrogens (tertiary/aromatic N) is 1. The van der Waals surface area contributed by atoms with E-state index in [0.29, 0.717) is 0 Å². The summed E-state index contributed by atoms with van der Waals surface area (Å²) >= 11 is 0. The summed E-state index contributed by atoms with van der Waals surface area (Å²) in [5, 5.41) is 8.47. The van der Waals surface area contributed by atoms with Crippen LogP contribution in [0.4, 0.5) is 0 Å². The van der Waals surface area contributed by atoms with Crippen molar-refractivity contribution >= 4 is 16.0 Å². The first-order chi connectivity index (χ1) is 11.9. The fourth-order valence-electron chi connectivity index (χ4n) is 2.03. The number of rotatable bonds is 7. The molecule has 2 aromatic carbocycles. The van der Waals surface area contributed by atoms with Crippen molar-refractivity contribution < 1.29 is 17.9 Å². The van der Waals surface area contributed by atoms with Crippen LogP contribution < -0.4 is 4.72 Å². The predicted molar refractivity (Wildman–Crippen MR) is 92.2 cm³/mol. The molecule has 6 nitrogen and oxygen atoms in total. The van der Waals surface area contributed by atoms with Gasteiger partial charge in [-0.2, -0.15) is 5.26 Å². The minimum absolute atomic E-state index is 0.0148. The van der Waals surface area contributed by atoms with Gasteiger partial charge in [-0.1, -0.05) is 35.9 Å². The lowest BCUT2D eigenvalue weighted by Crippen LogP contribution is -2.24. The van der Waals surface area contributed by atoms with Gasteiger partial charge in [-0.25, -0.2) is 17.9 Å². The monoisotopic (exact) mass is 358 g/mol. The minimum atomic E-state index is -3.77. The summed E-state index contributed by atoms with van der Waals surface area (Å²) in [6.07, 6.45) is 0.0670. The van der Waals surface area contributed by atoms with Crippen LogP contribution in [0.3, 0.4) is 0 Å². The third-order valence-electron chi connectivity index (χ3n) is 3.40. The maximum absolute atomic E-state index is 12.1. The van der Waals surface area contributed by atoms with E-state index in [0.717, 1.165) is 11.1 Å². The summed E-state index contributed by atoms with van der Waals surface area (Å²) in [6, 6.07) is 15.0. The zero-order valence-electron chi connectivity index (χ0n) is 13.7. The molecule has 0 bridgehead atoms. The molecule has 130 valence electrons. The normalized spacial score (nSPS) is 10.9. The van der Waals surface area contributed by atoms with Crippen LogP contribution in [-0.2, 0) is 21.4 Å². The van der Waals surface area contributed by atoms with Crippen LogP contribution in [0.5, 0.6) is 0 Å². The van der Waals surface area contributed by atoms with Gasteiger partial charge in [0.2, 0.25) is 10.0 Å². The van der Waals surface area contributed by atoms with E-state index in [4.69, 9.17) is 10.00 Å². The second-order valence-corrected chi connectivity index (χ2v) is 7.16. The van der Waals surface area contributed by atoms with Crippen LogP contribution in [0.1, 0.15) is 27.9 Å². The molecule has 0 aliphatic carbocycles. The standard InChI is InChI=1S/C18H18N2O4S/c1-14-6-8-15(9-7-14)13-24-18(21)16-4-2-5-17(12-16)25(22,23)20-11-3-10-19/h2,4-9,12,20H,3,11,13H2,1H3. The molecular formula is C18H18N2O4S. The quantitative estimate of drug-likeness (QED) is 0.606. The fourth-order valence-corrected chi connectivity index (χ4v) is 3.11. The van der Waals surface area contributed by atoms with Gasteiger partial charge in [0.15, 0.2) is 0 Å². The van der Waals surface area contributed by atoms with Crippen molar-refractivity contribution in [2.24, 2.45) is 0 Å². The number of esters is 1. The van der Waals surface area contributed by atoms with Crippen molar-refractivity contribution in [2.45, 2.75) is 24.8 Å². The highest BCUT2D eigenvalue weighted by molar-refractivity contribution is 7.89. The van der Waals surface area contributed by atoms with E-state index in [2.05, 4.69) is 4.72 Å². The summed E-state index contributed by atoms with van der Waals surface area (Å²) in [6.45, 7) is 2.09. The van der Waals surface area contributed by atoms with Crippen molar-refractivity contribution in [1.29, 1.82) is 5.26 Å². The van der Waals surface area contributed by atoms with Gasteiger partial charge in [-0.3, -0.25) is 0 Å². The van der Waals surface area contributed by atoms with Gasteiger partial charge in [0.25, 0.3) is 0 Å². The highest BCUT2D eigenvalue weighted by atomic mass is 32.2. The Morgan fingerprint density at radius 2 is 1.92 bits per heavy atom. The molecule has 7 heteroatoms. The molecule has 0 spiro atoms. The minimum Gasteiger partial charge on any atom is -0.457 e. The second-order valence-electron chi connectivity index (χ2n) is 5.40. The molecule has 0 saturated heterocycles. The number of nitrogens with one attached hydrogen (secondary N) is 1. The van der Waals surface area contributed by atoms with Gasteiger partial charge < -0.3 is 4.74 Å². The van der Waals surface area contributed by atoms with Crippen LogP contribution in [0, 0.1) is 18.3 Å². The number of sulfonamides is 1. The Balaban J connectivity index is 2.05. The first-order valence-electron chi connectivity index (χ1n) is 7.62. The maximum Gasteiger partial charge on any atom is 0.338 e. The Bertz CT molecular complexity index is 884. The molecule has 0 aromatic heterocycles. The first-order valence-corrected chi connectivity index (χ1v) is 9.10. The summed E-state index contributed by atoms with van der Waals surface area (Å²) in [5.74, 6) is -0.602. The van der Waals surface area contributed by atoms with Gasteiger partial charge in [0.1, 0.15) is 6.61 Å². The van der Waals surface area contributed by atoms with E-state index in [1.54, 1.807) is 0 Å². The number of nitriles is 1. The van der Waals surface area contributed by atoms with Crippen molar-refractivity contribution in [3.63, 3.8) is 0 Å². The molecular weight excluding hydrogens is 340 g/mol. The molecule has 0 aliphatic rings. The lowest BCUT2D eigenvalue weighted by atomic mass is 10.2. The number of carbonyl (C=O) groups is 1. The molecule has 0 unspecified atom stereocenters. The van der Waals surface area contributed by atoms with Gasteiger partial charge >= 0.3 is 5.97 Å². The van der Waals surface area contributed by atoms with E-state index in [1.807, 2.05) is 37.3 Å². The molecule has 1 N–H and O–H groups in total. The first kappa shape index (κ1) is 18.6. The number of aryl methyl sites for hydroxylation is 1. The number of carbonyl (C=O) groups excluding carboxylic acids is 1. The SMILES string of the molecule is Cc1ccc(COC(=O)c2cccc(S(=O)(=O)NCCC#N)c2)cc1. The highest BCUT2D eigenvalue weighted by Crippen LogP contribution is 2.13. The van der Waals surface area contributed by atoms with Gasteiger partial charge in [-0.15, -0.1) is 0 Å². The largest absolute Gasteiger partial charge is 0.457 e. The average Bonchev–Trinajstić information content (AvgIpc) is 2.61. The van der Waals surface area contributed by atoms with Gasteiger partial charge in [-0.05, 0) is 30.7 Å². The molecule has 0 aliphatic heterocycles. The Kier molecular flexibility index (Phi) is 6.28. The van der Waals surface area contributed by atoms with Crippen LogP contribution >= 0.6 is 0 Å². The van der Waals surface area contributed by atoms with Crippen molar-refractivity contribution in [3.05, 3.63) is 65.2 Å². The third kappa shape index (κ3) is 5.41. The van der Waals surface area contributed by atoms with Gasteiger partial charge in [0, 0.05) is 13.0 Å². The Morgan fingerprint density at radius 3 is 2.60 bits per heavy atom. The van der Waals surface area contributed by atoms with Crippen molar-refractivity contribution in [2.75, 3.05) is 6.54 Å². The van der Waals surface area contributed by atoms with Crippen LogP contribution in [-0.4, -0.2) is 20.9 Å². The van der Waals surface area contributed by atoms with E-state index >= 15 is 0 Å².